The summed E-state index contributed by atoms with van der Waals surface area (Å²) in [5, 5.41) is 1.75. The molecule has 1 saturated heterocycles. The molecule has 2 aromatic rings. The van der Waals surface area contributed by atoms with Crippen molar-refractivity contribution in [3.8, 4) is 5.75 Å². The first-order valence-corrected chi connectivity index (χ1v) is 8.63. The number of methoxy groups -OCH3 is 1. The molecule has 3 rings (SSSR count). The van der Waals surface area contributed by atoms with Gasteiger partial charge in [-0.3, -0.25) is 9.59 Å². The van der Waals surface area contributed by atoms with Gasteiger partial charge in [0.15, 0.2) is 0 Å². The summed E-state index contributed by atoms with van der Waals surface area (Å²) in [7, 11) is 1.61. The van der Waals surface area contributed by atoms with Crippen molar-refractivity contribution in [2.75, 3.05) is 26.7 Å². The Bertz CT molecular complexity index is 732. The van der Waals surface area contributed by atoms with E-state index in [0.717, 1.165) is 11.3 Å². The monoisotopic (exact) mass is 345 g/mol. The highest BCUT2D eigenvalue weighted by molar-refractivity contribution is 7.07. The van der Waals surface area contributed by atoms with E-state index in [2.05, 4.69) is 4.98 Å². The van der Waals surface area contributed by atoms with Crippen LogP contribution in [-0.2, 0) is 4.79 Å². The lowest BCUT2D eigenvalue weighted by Gasteiger charge is -2.41. The van der Waals surface area contributed by atoms with E-state index in [-0.39, 0.29) is 17.9 Å². The smallest absolute Gasteiger partial charge is 0.273 e. The minimum atomic E-state index is -0.227. The van der Waals surface area contributed by atoms with Crippen molar-refractivity contribution in [3.63, 3.8) is 0 Å². The lowest BCUT2D eigenvalue weighted by atomic mass is 10.0. The van der Waals surface area contributed by atoms with Crippen LogP contribution in [0.5, 0.6) is 5.75 Å². The number of hydrogen-bond acceptors (Lipinski definition) is 5. The lowest BCUT2D eigenvalue weighted by Crippen LogP contribution is -2.52. The molecule has 2 heterocycles. The molecule has 0 saturated carbocycles. The number of carbonyl (C=O) groups is 2. The predicted octanol–water partition coefficient (Wildman–Crippen LogP) is 2.20. The standard InChI is InChI=1S/C17H19N3O3S/c1-12(21)20-8-7-19(17(22)14-10-24-11-18-14)9-15(20)13-5-3-4-6-16(13)23-2/h3-6,10-11,15H,7-9H2,1-2H3. The van der Waals surface area contributed by atoms with Gasteiger partial charge in [-0.2, -0.15) is 0 Å². The van der Waals surface area contributed by atoms with Crippen LogP contribution in [0.25, 0.3) is 0 Å². The molecule has 2 amide bonds. The normalized spacial score (nSPS) is 17.7. The number of aromatic nitrogens is 1. The molecule has 24 heavy (non-hydrogen) atoms. The largest absolute Gasteiger partial charge is 0.496 e. The average molecular weight is 345 g/mol. The highest BCUT2D eigenvalue weighted by atomic mass is 32.1. The maximum atomic E-state index is 12.6. The summed E-state index contributed by atoms with van der Waals surface area (Å²) in [6.45, 7) is 2.98. The van der Waals surface area contributed by atoms with Gasteiger partial charge in [-0.15, -0.1) is 11.3 Å². The Morgan fingerprint density at radius 1 is 1.29 bits per heavy atom. The fraction of sp³-hybridized carbons (Fsp3) is 0.353. The molecule has 0 radical (unpaired) electrons. The molecule has 1 aliphatic rings. The Morgan fingerprint density at radius 3 is 2.75 bits per heavy atom. The van der Waals surface area contributed by atoms with E-state index in [1.165, 1.54) is 11.3 Å². The van der Waals surface area contributed by atoms with E-state index in [9.17, 15) is 9.59 Å². The van der Waals surface area contributed by atoms with Gasteiger partial charge in [-0.05, 0) is 6.07 Å². The molecule has 1 aliphatic heterocycles. The molecular formula is C17H19N3O3S. The maximum absolute atomic E-state index is 12.6. The minimum Gasteiger partial charge on any atom is -0.496 e. The number of benzene rings is 1. The van der Waals surface area contributed by atoms with E-state index in [1.54, 1.807) is 34.7 Å². The number of rotatable bonds is 3. The van der Waals surface area contributed by atoms with Crippen LogP contribution in [0.3, 0.4) is 0 Å². The van der Waals surface area contributed by atoms with Crippen molar-refractivity contribution in [2.24, 2.45) is 0 Å². The quantitative estimate of drug-likeness (QED) is 0.855. The van der Waals surface area contributed by atoms with Gasteiger partial charge in [-0.25, -0.2) is 4.98 Å². The molecule has 6 nitrogen and oxygen atoms in total. The van der Waals surface area contributed by atoms with E-state index < -0.39 is 0 Å². The SMILES string of the molecule is COc1ccccc1C1CN(C(=O)c2cscn2)CCN1C(C)=O. The maximum Gasteiger partial charge on any atom is 0.273 e. The number of nitrogens with zero attached hydrogens (tertiary/aromatic N) is 3. The van der Waals surface area contributed by atoms with Crippen molar-refractivity contribution in [1.29, 1.82) is 0 Å². The fourth-order valence-corrected chi connectivity index (χ4v) is 3.56. The van der Waals surface area contributed by atoms with Gasteiger partial charge in [0.1, 0.15) is 11.4 Å². The summed E-state index contributed by atoms with van der Waals surface area (Å²) in [5.74, 6) is 0.614. The van der Waals surface area contributed by atoms with Crippen molar-refractivity contribution < 1.29 is 14.3 Å². The Kier molecular flexibility index (Phi) is 4.80. The summed E-state index contributed by atoms with van der Waals surface area (Å²) in [5.41, 5.74) is 3.01. The molecule has 126 valence electrons. The lowest BCUT2D eigenvalue weighted by molar-refractivity contribution is -0.133. The molecular weight excluding hydrogens is 326 g/mol. The topological polar surface area (TPSA) is 62.7 Å². The number of carbonyl (C=O) groups excluding carboxylic acids is 2. The predicted molar refractivity (Wildman–Crippen MR) is 91.1 cm³/mol. The molecule has 1 aromatic heterocycles. The molecule has 0 N–H and O–H groups in total. The minimum absolute atomic E-state index is 0.00772. The summed E-state index contributed by atoms with van der Waals surface area (Å²) in [6.07, 6.45) is 0. The molecule has 0 bridgehead atoms. The zero-order valence-corrected chi connectivity index (χ0v) is 14.5. The third-order valence-corrected chi connectivity index (χ3v) is 4.81. The Labute approximate surface area is 144 Å². The van der Waals surface area contributed by atoms with Crippen LogP contribution in [0.4, 0.5) is 0 Å². The number of thiazole rings is 1. The fourth-order valence-electron chi connectivity index (χ4n) is 3.03. The first-order chi connectivity index (χ1) is 11.6. The molecule has 1 fully saturated rings. The third kappa shape index (κ3) is 3.12. The van der Waals surface area contributed by atoms with Crippen molar-refractivity contribution >= 4 is 23.2 Å². The van der Waals surface area contributed by atoms with Crippen LogP contribution >= 0.6 is 11.3 Å². The number of para-hydroxylation sites is 1. The molecule has 7 heteroatoms. The van der Waals surface area contributed by atoms with Crippen LogP contribution in [0, 0.1) is 0 Å². The number of piperazine rings is 1. The average Bonchev–Trinajstić information content (AvgIpc) is 3.15. The van der Waals surface area contributed by atoms with Gasteiger partial charge >= 0.3 is 0 Å². The summed E-state index contributed by atoms with van der Waals surface area (Å²) in [4.78, 5) is 32.3. The van der Waals surface area contributed by atoms with Crippen LogP contribution in [-0.4, -0.2) is 53.3 Å². The summed E-state index contributed by atoms with van der Waals surface area (Å²) in [6, 6.07) is 7.39. The number of amides is 2. The van der Waals surface area contributed by atoms with Crippen LogP contribution in [0.2, 0.25) is 0 Å². The van der Waals surface area contributed by atoms with Crippen LogP contribution in [0.15, 0.2) is 35.2 Å². The zero-order chi connectivity index (χ0) is 17.1. The molecule has 1 aromatic carbocycles. The Hall–Kier alpha value is -2.41. The number of hydrogen-bond donors (Lipinski definition) is 0. The second-order valence-electron chi connectivity index (χ2n) is 5.60. The van der Waals surface area contributed by atoms with Gasteiger partial charge in [0, 0.05) is 37.5 Å². The summed E-state index contributed by atoms with van der Waals surface area (Å²) < 4.78 is 5.44. The highest BCUT2D eigenvalue weighted by Gasteiger charge is 2.34. The molecule has 0 spiro atoms. The summed E-state index contributed by atoms with van der Waals surface area (Å²) >= 11 is 1.40. The zero-order valence-electron chi connectivity index (χ0n) is 13.6. The van der Waals surface area contributed by atoms with Crippen molar-refractivity contribution in [2.45, 2.75) is 13.0 Å². The van der Waals surface area contributed by atoms with E-state index in [4.69, 9.17) is 4.74 Å². The first-order valence-electron chi connectivity index (χ1n) is 7.69. The highest BCUT2D eigenvalue weighted by Crippen LogP contribution is 2.32. The van der Waals surface area contributed by atoms with Gasteiger partial charge in [-0.1, -0.05) is 18.2 Å². The number of ether oxygens (including phenoxy) is 1. The Balaban J connectivity index is 1.90. The van der Waals surface area contributed by atoms with Crippen molar-refractivity contribution in [3.05, 3.63) is 46.4 Å². The molecule has 1 atom stereocenters. The van der Waals surface area contributed by atoms with E-state index in [1.807, 2.05) is 24.3 Å². The van der Waals surface area contributed by atoms with E-state index >= 15 is 0 Å². The van der Waals surface area contributed by atoms with Gasteiger partial charge < -0.3 is 14.5 Å². The van der Waals surface area contributed by atoms with E-state index in [0.29, 0.717) is 25.3 Å². The molecule has 1 unspecified atom stereocenters. The second-order valence-corrected chi connectivity index (χ2v) is 6.31. The van der Waals surface area contributed by atoms with Crippen LogP contribution in [0.1, 0.15) is 29.0 Å². The second kappa shape index (κ2) is 7.00. The Morgan fingerprint density at radius 2 is 2.08 bits per heavy atom. The third-order valence-electron chi connectivity index (χ3n) is 4.22. The van der Waals surface area contributed by atoms with Gasteiger partial charge in [0.05, 0.1) is 18.7 Å². The van der Waals surface area contributed by atoms with Gasteiger partial charge in [0.2, 0.25) is 5.91 Å². The van der Waals surface area contributed by atoms with Crippen LogP contribution < -0.4 is 4.74 Å². The first kappa shape index (κ1) is 16.4. The van der Waals surface area contributed by atoms with Gasteiger partial charge in [0.25, 0.3) is 5.91 Å². The molecule has 0 aliphatic carbocycles. The van der Waals surface area contributed by atoms with Crippen molar-refractivity contribution in [1.82, 2.24) is 14.8 Å².